The van der Waals surface area contributed by atoms with E-state index >= 15 is 0 Å². The maximum absolute atomic E-state index is 11.4. The fourth-order valence-electron chi connectivity index (χ4n) is 1.30. The summed E-state index contributed by atoms with van der Waals surface area (Å²) < 4.78 is 8.75. The van der Waals surface area contributed by atoms with Crippen LogP contribution in [-0.4, -0.2) is 18.1 Å². The summed E-state index contributed by atoms with van der Waals surface area (Å²) in [5.41, 5.74) is 0.363. The standard InChI is InChI=1S/C15H22O5/c1-5-7-9-11(3)13(16)19-15(18)20-14(17)12(4)10-8-6-2/h3-10H2,1-2H3. The minimum Gasteiger partial charge on any atom is -0.356 e. The molecule has 0 spiro atoms. The molecule has 0 unspecified atom stereocenters. The highest BCUT2D eigenvalue weighted by Crippen LogP contribution is 2.10. The Balaban J connectivity index is 4.15. The van der Waals surface area contributed by atoms with Gasteiger partial charge in [0.2, 0.25) is 0 Å². The van der Waals surface area contributed by atoms with Crippen molar-refractivity contribution in [3.63, 3.8) is 0 Å². The number of esters is 2. The van der Waals surface area contributed by atoms with Gasteiger partial charge in [0.25, 0.3) is 0 Å². The molecule has 0 fully saturated rings. The molecule has 0 aliphatic rings. The Hall–Kier alpha value is -1.91. The first-order valence-electron chi connectivity index (χ1n) is 6.76. The van der Waals surface area contributed by atoms with Crippen LogP contribution in [0.25, 0.3) is 0 Å². The van der Waals surface area contributed by atoms with Gasteiger partial charge in [0, 0.05) is 11.1 Å². The van der Waals surface area contributed by atoms with Crippen LogP contribution >= 0.6 is 0 Å². The second-order valence-electron chi connectivity index (χ2n) is 4.44. The molecule has 0 aromatic carbocycles. The fraction of sp³-hybridized carbons (Fsp3) is 0.533. The molecule has 0 aliphatic carbocycles. The number of hydrogen-bond donors (Lipinski definition) is 0. The molecule has 0 amide bonds. The quantitative estimate of drug-likeness (QED) is 0.386. The Morgan fingerprint density at radius 3 is 1.45 bits per heavy atom. The lowest BCUT2D eigenvalue weighted by molar-refractivity contribution is -0.141. The molecule has 5 heteroatoms. The number of ether oxygens (including phenoxy) is 2. The summed E-state index contributed by atoms with van der Waals surface area (Å²) >= 11 is 0. The van der Waals surface area contributed by atoms with Gasteiger partial charge < -0.3 is 9.47 Å². The molecule has 0 bridgehead atoms. The molecule has 0 aliphatic heterocycles. The topological polar surface area (TPSA) is 69.7 Å². The van der Waals surface area contributed by atoms with E-state index in [1.165, 1.54) is 0 Å². The molecular weight excluding hydrogens is 260 g/mol. The van der Waals surface area contributed by atoms with E-state index in [0.29, 0.717) is 12.8 Å². The molecule has 5 nitrogen and oxygen atoms in total. The van der Waals surface area contributed by atoms with E-state index in [1.807, 2.05) is 13.8 Å². The van der Waals surface area contributed by atoms with Crippen molar-refractivity contribution in [2.24, 2.45) is 0 Å². The van der Waals surface area contributed by atoms with Crippen molar-refractivity contribution in [3.05, 3.63) is 24.3 Å². The number of carbonyl (C=O) groups is 3. The van der Waals surface area contributed by atoms with Crippen molar-refractivity contribution in [3.8, 4) is 0 Å². The van der Waals surface area contributed by atoms with Crippen molar-refractivity contribution in [2.45, 2.75) is 52.4 Å². The van der Waals surface area contributed by atoms with E-state index in [9.17, 15) is 14.4 Å². The molecule has 0 rings (SSSR count). The molecule has 0 N–H and O–H groups in total. The highest BCUT2D eigenvalue weighted by molar-refractivity contribution is 5.99. The van der Waals surface area contributed by atoms with Gasteiger partial charge in [-0.15, -0.1) is 0 Å². The van der Waals surface area contributed by atoms with Gasteiger partial charge in [-0.25, -0.2) is 14.4 Å². The Morgan fingerprint density at radius 2 is 1.15 bits per heavy atom. The molecule has 20 heavy (non-hydrogen) atoms. The van der Waals surface area contributed by atoms with E-state index in [2.05, 4.69) is 22.6 Å². The normalized spacial score (nSPS) is 9.70. The summed E-state index contributed by atoms with van der Waals surface area (Å²) in [7, 11) is 0. The van der Waals surface area contributed by atoms with E-state index in [-0.39, 0.29) is 11.1 Å². The van der Waals surface area contributed by atoms with E-state index in [0.717, 1.165) is 25.7 Å². The monoisotopic (exact) mass is 282 g/mol. The maximum Gasteiger partial charge on any atom is 0.524 e. The van der Waals surface area contributed by atoms with Gasteiger partial charge in [0.1, 0.15) is 0 Å². The van der Waals surface area contributed by atoms with Gasteiger partial charge in [0.05, 0.1) is 0 Å². The number of rotatable bonds is 8. The van der Waals surface area contributed by atoms with Crippen LogP contribution in [0, 0.1) is 0 Å². The molecule has 0 aromatic rings. The predicted octanol–water partition coefficient (Wildman–Crippen LogP) is 3.69. The summed E-state index contributed by atoms with van der Waals surface area (Å²) in [5, 5.41) is 0. The van der Waals surface area contributed by atoms with Crippen LogP contribution in [0.5, 0.6) is 0 Å². The SMILES string of the molecule is C=C(CCCC)C(=O)OC(=O)OC(=O)C(=C)CCCC. The van der Waals surface area contributed by atoms with Crippen molar-refractivity contribution in [1.82, 2.24) is 0 Å². The summed E-state index contributed by atoms with van der Waals surface area (Å²) in [6.45, 7) is 11.0. The van der Waals surface area contributed by atoms with Crippen LogP contribution in [0.15, 0.2) is 24.3 Å². The average Bonchev–Trinajstić information content (AvgIpc) is 2.41. The van der Waals surface area contributed by atoms with Crippen LogP contribution in [0.4, 0.5) is 4.79 Å². The molecule has 0 atom stereocenters. The Kier molecular flexibility index (Phi) is 9.00. The number of hydrogen-bond acceptors (Lipinski definition) is 5. The molecular formula is C15H22O5. The highest BCUT2D eigenvalue weighted by Gasteiger charge is 2.19. The summed E-state index contributed by atoms with van der Waals surface area (Å²) in [6.07, 6.45) is 2.89. The van der Waals surface area contributed by atoms with Gasteiger partial charge in [0.15, 0.2) is 0 Å². The summed E-state index contributed by atoms with van der Waals surface area (Å²) in [5.74, 6) is -1.73. The van der Waals surface area contributed by atoms with Crippen molar-refractivity contribution >= 4 is 18.1 Å². The molecule has 0 saturated carbocycles. The first-order valence-corrected chi connectivity index (χ1v) is 6.76. The van der Waals surface area contributed by atoms with Crippen LogP contribution in [0.3, 0.4) is 0 Å². The van der Waals surface area contributed by atoms with Gasteiger partial charge in [-0.1, -0.05) is 39.8 Å². The number of carbonyl (C=O) groups excluding carboxylic acids is 3. The molecule has 0 heterocycles. The van der Waals surface area contributed by atoms with Crippen molar-refractivity contribution in [1.29, 1.82) is 0 Å². The average molecular weight is 282 g/mol. The van der Waals surface area contributed by atoms with Crippen LogP contribution in [0.2, 0.25) is 0 Å². The molecule has 0 aromatic heterocycles. The van der Waals surface area contributed by atoms with Gasteiger partial charge in [-0.2, -0.15) is 0 Å². The smallest absolute Gasteiger partial charge is 0.356 e. The largest absolute Gasteiger partial charge is 0.524 e. The van der Waals surface area contributed by atoms with Gasteiger partial charge >= 0.3 is 18.1 Å². The third-order valence-corrected chi connectivity index (χ3v) is 2.59. The van der Waals surface area contributed by atoms with Crippen molar-refractivity contribution < 1.29 is 23.9 Å². The third kappa shape index (κ3) is 7.51. The summed E-state index contributed by atoms with van der Waals surface area (Å²) in [4.78, 5) is 34.1. The van der Waals surface area contributed by atoms with Crippen LogP contribution < -0.4 is 0 Å². The van der Waals surface area contributed by atoms with Gasteiger partial charge in [-0.05, 0) is 25.7 Å². The van der Waals surface area contributed by atoms with E-state index in [1.54, 1.807) is 0 Å². The van der Waals surface area contributed by atoms with E-state index in [4.69, 9.17) is 0 Å². The van der Waals surface area contributed by atoms with Crippen LogP contribution in [0.1, 0.15) is 52.4 Å². The predicted molar refractivity (Wildman–Crippen MR) is 74.9 cm³/mol. The van der Waals surface area contributed by atoms with Crippen molar-refractivity contribution in [2.75, 3.05) is 0 Å². The molecule has 0 saturated heterocycles. The zero-order valence-electron chi connectivity index (χ0n) is 12.2. The summed E-state index contributed by atoms with van der Waals surface area (Å²) in [6, 6.07) is 0. The maximum atomic E-state index is 11.4. The number of unbranched alkanes of at least 4 members (excludes halogenated alkanes) is 2. The zero-order valence-corrected chi connectivity index (χ0v) is 12.2. The minimum atomic E-state index is -1.34. The highest BCUT2D eigenvalue weighted by atomic mass is 16.8. The van der Waals surface area contributed by atoms with E-state index < -0.39 is 18.1 Å². The Labute approximate surface area is 119 Å². The van der Waals surface area contributed by atoms with Gasteiger partial charge in [-0.3, -0.25) is 0 Å². The first kappa shape index (κ1) is 18.1. The molecule has 0 radical (unpaired) electrons. The second-order valence-corrected chi connectivity index (χ2v) is 4.44. The molecule has 112 valence electrons. The lowest BCUT2D eigenvalue weighted by Gasteiger charge is -2.06. The van der Waals surface area contributed by atoms with Crippen LogP contribution in [-0.2, 0) is 19.1 Å². The first-order chi connectivity index (χ1) is 9.42. The lowest BCUT2D eigenvalue weighted by atomic mass is 10.1. The lowest BCUT2D eigenvalue weighted by Crippen LogP contribution is -2.19. The zero-order chi connectivity index (χ0) is 15.5. The second kappa shape index (κ2) is 9.95. The Morgan fingerprint density at radius 1 is 0.800 bits per heavy atom. The Bertz CT molecular complexity index is 359. The minimum absolute atomic E-state index is 0.182. The third-order valence-electron chi connectivity index (χ3n) is 2.59. The fourth-order valence-corrected chi connectivity index (χ4v) is 1.30.